The molecule has 0 aliphatic heterocycles. The Hall–Kier alpha value is -1.58. The van der Waals surface area contributed by atoms with Gasteiger partial charge in [0, 0.05) is 44.8 Å². The van der Waals surface area contributed by atoms with E-state index < -0.39 is 0 Å². The number of imidazole rings is 1. The number of nitrogens with zero attached hydrogens (tertiary/aromatic N) is 5. The van der Waals surface area contributed by atoms with Crippen molar-refractivity contribution in [2.45, 2.75) is 60.2 Å². The number of aryl methyl sites for hydroxylation is 2. The zero-order valence-electron chi connectivity index (χ0n) is 17.6. The average Bonchev–Trinajstić information content (AvgIpc) is 3.10. The minimum atomic E-state index is 0. The Balaban J connectivity index is 0.00000364. The maximum Gasteiger partial charge on any atom is 0.191 e. The Kier molecular flexibility index (Phi) is 9.28. The van der Waals surface area contributed by atoms with Crippen LogP contribution in [-0.4, -0.2) is 38.4 Å². The van der Waals surface area contributed by atoms with Gasteiger partial charge in [-0.05, 0) is 38.7 Å². The van der Waals surface area contributed by atoms with Crippen molar-refractivity contribution in [1.29, 1.82) is 0 Å². The van der Waals surface area contributed by atoms with Gasteiger partial charge in [-0.15, -0.1) is 24.0 Å². The normalized spacial score (nSPS) is 12.8. The van der Waals surface area contributed by atoms with E-state index in [1.807, 2.05) is 24.1 Å². The molecule has 0 fully saturated rings. The van der Waals surface area contributed by atoms with Crippen molar-refractivity contribution in [3.63, 3.8) is 0 Å². The van der Waals surface area contributed by atoms with Gasteiger partial charge in [0.05, 0.1) is 12.2 Å². The summed E-state index contributed by atoms with van der Waals surface area (Å²) in [5.74, 6) is 2.40. The predicted octanol–water partition coefficient (Wildman–Crippen LogP) is 2.80. The highest BCUT2D eigenvalue weighted by Gasteiger charge is 2.14. The smallest absolute Gasteiger partial charge is 0.191 e. The topological polar surface area (TPSA) is 72.1 Å². The molecule has 1 atom stereocenters. The highest BCUT2D eigenvalue weighted by atomic mass is 127. The van der Waals surface area contributed by atoms with Crippen LogP contribution in [0.4, 0.5) is 0 Å². The molecule has 7 nitrogen and oxygen atoms in total. The van der Waals surface area contributed by atoms with E-state index in [-0.39, 0.29) is 30.0 Å². The van der Waals surface area contributed by atoms with Crippen LogP contribution in [0.2, 0.25) is 0 Å². The van der Waals surface area contributed by atoms with Gasteiger partial charge in [0.1, 0.15) is 5.82 Å². The second-order valence-corrected chi connectivity index (χ2v) is 7.34. The Morgan fingerprint density at radius 3 is 2.52 bits per heavy atom. The van der Waals surface area contributed by atoms with Gasteiger partial charge in [0.15, 0.2) is 5.96 Å². The summed E-state index contributed by atoms with van der Waals surface area (Å²) in [6.45, 7) is 12.4. The van der Waals surface area contributed by atoms with E-state index in [1.165, 1.54) is 11.3 Å². The van der Waals surface area contributed by atoms with Crippen molar-refractivity contribution in [1.82, 2.24) is 30.0 Å². The number of aliphatic imine (C=N–C) groups is 1. The number of hydrogen-bond donors (Lipinski definition) is 2. The average molecular weight is 487 g/mol. The van der Waals surface area contributed by atoms with Crippen LogP contribution < -0.4 is 10.6 Å². The van der Waals surface area contributed by atoms with Crippen molar-refractivity contribution in [2.24, 2.45) is 18.0 Å². The van der Waals surface area contributed by atoms with Crippen molar-refractivity contribution >= 4 is 29.9 Å². The van der Waals surface area contributed by atoms with Gasteiger partial charge in [-0.3, -0.25) is 9.67 Å². The molecule has 2 aromatic heterocycles. The molecule has 0 bridgehead atoms. The van der Waals surface area contributed by atoms with Gasteiger partial charge in [0.25, 0.3) is 0 Å². The molecule has 0 amide bonds. The standard InChI is InChI=1S/C19H33N7.HI/c1-13(2)12-26-9-8-21-18(26)11-22-19(20-6)23-14(3)10-17-15(4)24-25(7)16(17)5;/h8-9,13-14H,10-12H2,1-7H3,(H2,20,22,23);1H. The van der Waals surface area contributed by atoms with E-state index in [1.54, 1.807) is 7.05 Å². The number of nitrogens with one attached hydrogen (secondary N) is 2. The molecule has 1 unspecified atom stereocenters. The molecule has 8 heteroatoms. The Labute approximate surface area is 180 Å². The predicted molar refractivity (Wildman–Crippen MR) is 122 cm³/mol. The quantitative estimate of drug-likeness (QED) is 0.358. The molecular formula is C19H34IN7. The summed E-state index contributed by atoms with van der Waals surface area (Å²) < 4.78 is 4.13. The molecule has 0 radical (unpaired) electrons. The van der Waals surface area contributed by atoms with Gasteiger partial charge >= 0.3 is 0 Å². The van der Waals surface area contributed by atoms with Crippen LogP contribution in [0.5, 0.6) is 0 Å². The van der Waals surface area contributed by atoms with E-state index in [9.17, 15) is 0 Å². The minimum absolute atomic E-state index is 0. The van der Waals surface area contributed by atoms with Gasteiger partial charge in [0.2, 0.25) is 0 Å². The third kappa shape index (κ3) is 6.51. The summed E-state index contributed by atoms with van der Waals surface area (Å²) in [6, 6.07) is 0.248. The largest absolute Gasteiger partial charge is 0.354 e. The van der Waals surface area contributed by atoms with Crippen LogP contribution in [0.3, 0.4) is 0 Å². The fraction of sp³-hybridized carbons (Fsp3) is 0.632. The van der Waals surface area contributed by atoms with E-state index >= 15 is 0 Å². The van der Waals surface area contributed by atoms with Crippen LogP contribution in [-0.2, 0) is 26.6 Å². The molecule has 0 spiro atoms. The first-order chi connectivity index (χ1) is 12.3. The van der Waals surface area contributed by atoms with E-state index in [0.29, 0.717) is 12.5 Å². The first-order valence-electron chi connectivity index (χ1n) is 9.28. The van der Waals surface area contributed by atoms with Crippen molar-refractivity contribution in [3.05, 3.63) is 35.2 Å². The van der Waals surface area contributed by atoms with Crippen LogP contribution in [0.15, 0.2) is 17.4 Å². The molecule has 0 aliphatic carbocycles. The maximum absolute atomic E-state index is 4.50. The molecule has 2 N–H and O–H groups in total. The van der Waals surface area contributed by atoms with Gasteiger partial charge in [-0.25, -0.2) is 4.98 Å². The van der Waals surface area contributed by atoms with Crippen LogP contribution in [0.25, 0.3) is 0 Å². The van der Waals surface area contributed by atoms with Crippen molar-refractivity contribution in [2.75, 3.05) is 7.05 Å². The Morgan fingerprint density at radius 2 is 1.96 bits per heavy atom. The van der Waals surface area contributed by atoms with Gasteiger partial charge in [-0.2, -0.15) is 5.10 Å². The molecule has 0 aliphatic rings. The second-order valence-electron chi connectivity index (χ2n) is 7.34. The van der Waals surface area contributed by atoms with E-state index in [0.717, 1.165) is 30.4 Å². The first-order valence-corrected chi connectivity index (χ1v) is 9.28. The zero-order chi connectivity index (χ0) is 19.3. The van der Waals surface area contributed by atoms with Crippen LogP contribution >= 0.6 is 24.0 Å². The summed E-state index contributed by atoms with van der Waals surface area (Å²) >= 11 is 0. The fourth-order valence-electron chi connectivity index (χ4n) is 3.13. The number of halogens is 1. The number of rotatable bonds is 7. The summed E-state index contributed by atoms with van der Waals surface area (Å²) in [5.41, 5.74) is 3.61. The summed E-state index contributed by atoms with van der Waals surface area (Å²) in [6.07, 6.45) is 4.80. The van der Waals surface area contributed by atoms with Gasteiger partial charge in [-0.1, -0.05) is 13.8 Å². The Bertz CT molecular complexity index is 745. The number of aromatic nitrogens is 4. The third-order valence-corrected chi connectivity index (χ3v) is 4.55. The molecule has 0 aromatic carbocycles. The molecule has 0 saturated carbocycles. The van der Waals surface area contributed by atoms with E-state index in [2.05, 4.69) is 64.9 Å². The van der Waals surface area contributed by atoms with E-state index in [4.69, 9.17) is 0 Å². The lowest BCUT2D eigenvalue weighted by molar-refractivity contribution is 0.503. The third-order valence-electron chi connectivity index (χ3n) is 4.55. The number of hydrogen-bond acceptors (Lipinski definition) is 3. The fourth-order valence-corrected chi connectivity index (χ4v) is 3.13. The lowest BCUT2D eigenvalue weighted by atomic mass is 10.1. The van der Waals surface area contributed by atoms with Gasteiger partial charge < -0.3 is 15.2 Å². The molecular weight excluding hydrogens is 453 g/mol. The molecule has 2 rings (SSSR count). The highest BCUT2D eigenvalue weighted by molar-refractivity contribution is 14.0. The molecule has 2 heterocycles. The monoisotopic (exact) mass is 487 g/mol. The van der Waals surface area contributed by atoms with Crippen molar-refractivity contribution < 1.29 is 0 Å². The minimum Gasteiger partial charge on any atom is -0.354 e. The lowest BCUT2D eigenvalue weighted by Gasteiger charge is -2.18. The Morgan fingerprint density at radius 1 is 1.26 bits per heavy atom. The second kappa shape index (κ2) is 10.7. The maximum atomic E-state index is 4.50. The summed E-state index contributed by atoms with van der Waals surface area (Å²) in [5, 5.41) is 11.3. The highest BCUT2D eigenvalue weighted by Crippen LogP contribution is 2.14. The van der Waals surface area contributed by atoms with Crippen LogP contribution in [0, 0.1) is 19.8 Å². The van der Waals surface area contributed by atoms with Crippen LogP contribution in [0.1, 0.15) is 43.5 Å². The summed E-state index contributed by atoms with van der Waals surface area (Å²) in [7, 11) is 3.78. The molecule has 2 aromatic rings. The first kappa shape index (κ1) is 23.5. The molecule has 0 saturated heterocycles. The summed E-state index contributed by atoms with van der Waals surface area (Å²) in [4.78, 5) is 8.80. The lowest BCUT2D eigenvalue weighted by Crippen LogP contribution is -2.43. The van der Waals surface area contributed by atoms with Crippen molar-refractivity contribution in [3.8, 4) is 0 Å². The number of guanidine groups is 1. The molecule has 27 heavy (non-hydrogen) atoms. The SMILES string of the molecule is CN=C(NCc1nccn1CC(C)C)NC(C)Cc1c(C)nn(C)c1C.I. The molecule has 152 valence electrons. The zero-order valence-corrected chi connectivity index (χ0v) is 19.9.